The van der Waals surface area contributed by atoms with Crippen LogP contribution in [0, 0.1) is 0 Å². The number of nitrogens with two attached hydrogens (primary N) is 1. The molecule has 0 spiro atoms. The molecule has 102 valence electrons. The second kappa shape index (κ2) is 5.13. The predicted octanol–water partition coefficient (Wildman–Crippen LogP) is 0.655. The topological polar surface area (TPSA) is 88.0 Å². The van der Waals surface area contributed by atoms with Crippen LogP contribution in [0.15, 0.2) is 12.4 Å². The third-order valence-corrected chi connectivity index (χ3v) is 2.82. The van der Waals surface area contributed by atoms with Gasteiger partial charge in [-0.15, -0.1) is 0 Å². The molecule has 0 fully saturated rings. The minimum atomic E-state index is -0.476. The zero-order chi connectivity index (χ0) is 14.0. The minimum absolute atomic E-state index is 0.165. The van der Waals surface area contributed by atoms with E-state index >= 15 is 0 Å². The molecule has 0 amide bonds. The van der Waals surface area contributed by atoms with Crippen molar-refractivity contribution in [3.63, 3.8) is 0 Å². The molecule has 2 aromatic heterocycles. The number of hydrogen-bond acceptors (Lipinski definition) is 5. The second-order valence-corrected chi connectivity index (χ2v) is 4.28. The highest BCUT2D eigenvalue weighted by molar-refractivity contribution is 5.93. The van der Waals surface area contributed by atoms with E-state index < -0.39 is 5.97 Å². The number of nitrogen functional groups attached to an aromatic ring is 1. The average molecular weight is 263 g/mol. The van der Waals surface area contributed by atoms with Gasteiger partial charge >= 0.3 is 5.97 Å². The normalized spacial score (nSPS) is 10.7. The molecule has 2 aromatic rings. The molecule has 7 heteroatoms. The maximum atomic E-state index is 12.0. The Kier molecular flexibility index (Phi) is 3.55. The van der Waals surface area contributed by atoms with Crippen molar-refractivity contribution < 1.29 is 9.53 Å². The van der Waals surface area contributed by atoms with E-state index in [1.807, 2.05) is 6.92 Å². The smallest absolute Gasteiger partial charge is 0.359 e. The van der Waals surface area contributed by atoms with Crippen LogP contribution >= 0.6 is 0 Å². The van der Waals surface area contributed by atoms with Crippen molar-refractivity contribution >= 4 is 11.7 Å². The SMILES string of the molecule is CCc1nn(C)c(C(=O)OCc2cnn(C)c2)c1N. The summed E-state index contributed by atoms with van der Waals surface area (Å²) in [6, 6.07) is 0. The number of nitrogens with zero attached hydrogens (tertiary/aromatic N) is 4. The zero-order valence-electron chi connectivity index (χ0n) is 11.3. The van der Waals surface area contributed by atoms with E-state index in [9.17, 15) is 4.79 Å². The van der Waals surface area contributed by atoms with E-state index in [-0.39, 0.29) is 6.61 Å². The molecular weight excluding hydrogens is 246 g/mol. The molecule has 0 aliphatic heterocycles. The van der Waals surface area contributed by atoms with Gasteiger partial charge in [0.25, 0.3) is 0 Å². The van der Waals surface area contributed by atoms with Gasteiger partial charge in [0.05, 0.1) is 17.6 Å². The van der Waals surface area contributed by atoms with Gasteiger partial charge in [0, 0.05) is 25.9 Å². The van der Waals surface area contributed by atoms with E-state index in [2.05, 4.69) is 10.2 Å². The lowest BCUT2D eigenvalue weighted by Gasteiger charge is -2.04. The first-order valence-electron chi connectivity index (χ1n) is 5.99. The largest absolute Gasteiger partial charge is 0.456 e. The Balaban J connectivity index is 2.10. The van der Waals surface area contributed by atoms with Crippen LogP contribution in [0.5, 0.6) is 0 Å². The molecule has 0 saturated carbocycles. The van der Waals surface area contributed by atoms with E-state index in [0.717, 1.165) is 5.56 Å². The summed E-state index contributed by atoms with van der Waals surface area (Å²) in [5, 5.41) is 8.19. The van der Waals surface area contributed by atoms with E-state index in [1.54, 1.807) is 31.2 Å². The van der Waals surface area contributed by atoms with Crippen molar-refractivity contribution in [3.8, 4) is 0 Å². The van der Waals surface area contributed by atoms with Crippen LogP contribution < -0.4 is 5.73 Å². The lowest BCUT2D eigenvalue weighted by Crippen LogP contribution is -2.12. The Morgan fingerprint density at radius 3 is 2.74 bits per heavy atom. The molecule has 7 nitrogen and oxygen atoms in total. The fourth-order valence-corrected chi connectivity index (χ4v) is 1.86. The lowest BCUT2D eigenvalue weighted by atomic mass is 10.2. The quantitative estimate of drug-likeness (QED) is 0.818. The summed E-state index contributed by atoms with van der Waals surface area (Å²) >= 11 is 0. The number of anilines is 1. The van der Waals surface area contributed by atoms with Crippen molar-refractivity contribution in [3.05, 3.63) is 29.3 Å². The van der Waals surface area contributed by atoms with Crippen molar-refractivity contribution in [1.29, 1.82) is 0 Å². The summed E-state index contributed by atoms with van der Waals surface area (Å²) in [7, 11) is 3.48. The highest BCUT2D eigenvalue weighted by Gasteiger charge is 2.20. The number of hydrogen-bond donors (Lipinski definition) is 1. The lowest BCUT2D eigenvalue weighted by molar-refractivity contribution is 0.0461. The number of rotatable bonds is 4. The molecule has 0 aliphatic rings. The summed E-state index contributed by atoms with van der Waals surface area (Å²) in [5.41, 5.74) is 8.10. The molecular formula is C12H17N5O2. The summed E-state index contributed by atoms with van der Waals surface area (Å²) < 4.78 is 8.32. The minimum Gasteiger partial charge on any atom is -0.456 e. The van der Waals surface area contributed by atoms with Crippen LogP contribution in [0.1, 0.15) is 28.7 Å². The fourth-order valence-electron chi connectivity index (χ4n) is 1.86. The van der Waals surface area contributed by atoms with Crippen LogP contribution in [0.2, 0.25) is 0 Å². The maximum Gasteiger partial charge on any atom is 0.359 e. The molecule has 0 aromatic carbocycles. The molecule has 0 unspecified atom stereocenters. The second-order valence-electron chi connectivity index (χ2n) is 4.28. The third-order valence-electron chi connectivity index (χ3n) is 2.82. The van der Waals surface area contributed by atoms with Gasteiger partial charge in [-0.25, -0.2) is 4.79 Å². The van der Waals surface area contributed by atoms with Gasteiger partial charge in [0.2, 0.25) is 0 Å². The van der Waals surface area contributed by atoms with Gasteiger partial charge in [0.15, 0.2) is 5.69 Å². The first-order chi connectivity index (χ1) is 9.02. The van der Waals surface area contributed by atoms with E-state index in [1.165, 1.54) is 4.68 Å². The highest BCUT2D eigenvalue weighted by atomic mass is 16.5. The standard InChI is InChI=1S/C12H17N5O2/c1-4-9-10(13)11(17(3)15-9)12(18)19-7-8-5-14-16(2)6-8/h5-6H,4,7,13H2,1-3H3. The molecule has 0 radical (unpaired) electrons. The number of ether oxygens (including phenoxy) is 1. The molecule has 2 N–H and O–H groups in total. The molecule has 2 heterocycles. The number of aryl methyl sites for hydroxylation is 3. The van der Waals surface area contributed by atoms with Crippen molar-refractivity contribution in [2.45, 2.75) is 20.0 Å². The Hall–Kier alpha value is -2.31. The molecule has 0 bridgehead atoms. The van der Waals surface area contributed by atoms with Gasteiger partial charge < -0.3 is 10.5 Å². The van der Waals surface area contributed by atoms with Crippen LogP contribution in [0.25, 0.3) is 0 Å². The average Bonchev–Trinajstić information content (AvgIpc) is 2.90. The maximum absolute atomic E-state index is 12.0. The number of carbonyl (C=O) groups is 1. The predicted molar refractivity (Wildman–Crippen MR) is 69.3 cm³/mol. The summed E-state index contributed by atoms with van der Waals surface area (Å²) in [6.07, 6.45) is 4.12. The zero-order valence-corrected chi connectivity index (χ0v) is 11.3. The molecule has 0 aliphatic carbocycles. The molecule has 19 heavy (non-hydrogen) atoms. The monoisotopic (exact) mass is 263 g/mol. The van der Waals surface area contributed by atoms with Crippen LogP contribution in [0.4, 0.5) is 5.69 Å². The van der Waals surface area contributed by atoms with E-state index in [0.29, 0.717) is 23.5 Å². The number of esters is 1. The van der Waals surface area contributed by atoms with Crippen molar-refractivity contribution in [2.24, 2.45) is 14.1 Å². The summed E-state index contributed by atoms with van der Waals surface area (Å²) in [5.74, 6) is -0.476. The number of aromatic nitrogens is 4. The van der Waals surface area contributed by atoms with Gasteiger partial charge in [-0.1, -0.05) is 6.92 Å². The van der Waals surface area contributed by atoms with Crippen molar-refractivity contribution in [2.75, 3.05) is 5.73 Å². The van der Waals surface area contributed by atoms with Gasteiger partial charge in [0.1, 0.15) is 6.61 Å². The first-order valence-corrected chi connectivity index (χ1v) is 5.99. The van der Waals surface area contributed by atoms with Gasteiger partial charge in [-0.05, 0) is 6.42 Å². The number of carbonyl (C=O) groups excluding carboxylic acids is 1. The summed E-state index contributed by atoms with van der Waals surface area (Å²) in [4.78, 5) is 12.0. The highest BCUT2D eigenvalue weighted by Crippen LogP contribution is 2.18. The molecule has 2 rings (SSSR count). The Morgan fingerprint density at radius 2 is 2.21 bits per heavy atom. The van der Waals surface area contributed by atoms with Gasteiger partial charge in [-0.3, -0.25) is 9.36 Å². The summed E-state index contributed by atoms with van der Waals surface area (Å²) in [6.45, 7) is 2.10. The van der Waals surface area contributed by atoms with Gasteiger partial charge in [-0.2, -0.15) is 10.2 Å². The van der Waals surface area contributed by atoms with Crippen molar-refractivity contribution in [1.82, 2.24) is 19.6 Å². The van der Waals surface area contributed by atoms with Crippen LogP contribution in [-0.4, -0.2) is 25.5 Å². The first kappa shape index (κ1) is 13.1. The van der Waals surface area contributed by atoms with E-state index in [4.69, 9.17) is 10.5 Å². The van der Waals surface area contributed by atoms with Crippen LogP contribution in [-0.2, 0) is 31.9 Å². The Morgan fingerprint density at radius 1 is 1.47 bits per heavy atom. The Bertz CT molecular complexity index is 599. The third kappa shape index (κ3) is 2.59. The Labute approximate surface area is 111 Å². The molecule has 0 atom stereocenters. The molecule has 0 saturated heterocycles. The van der Waals surface area contributed by atoms with Crippen LogP contribution in [0.3, 0.4) is 0 Å². The fraction of sp³-hybridized carbons (Fsp3) is 0.417.